The number of rotatable bonds is 13. The second-order valence-electron chi connectivity index (χ2n) is 10.5. The molecule has 0 aromatic heterocycles. The smallest absolute Gasteiger partial charge is 0.119 e. The van der Waals surface area contributed by atoms with Crippen LogP contribution in [0, 0.1) is 5.41 Å². The quantitative estimate of drug-likeness (QED) is 0.317. The van der Waals surface area contributed by atoms with E-state index in [-0.39, 0.29) is 4.70 Å². The van der Waals surface area contributed by atoms with Crippen molar-refractivity contribution >= 4 is 8.07 Å². The Balaban J connectivity index is 0. The van der Waals surface area contributed by atoms with E-state index in [0.717, 1.165) is 0 Å². The fraction of sp³-hybridized carbons (Fsp3) is 1.00. The third kappa shape index (κ3) is 6.05. The zero-order valence-electron chi connectivity index (χ0n) is 20.1. The van der Waals surface area contributed by atoms with Gasteiger partial charge in [0.05, 0.1) is 24.8 Å². The Morgan fingerprint density at radius 3 is 1.19 bits per heavy atom. The first-order chi connectivity index (χ1) is 11.5. The molecular formula is C23H52FNSi. The highest BCUT2D eigenvalue weighted by atomic mass is 28.3. The lowest BCUT2D eigenvalue weighted by Crippen LogP contribution is -3.00. The molecular weight excluding hydrogens is 337 g/mol. The lowest BCUT2D eigenvalue weighted by molar-refractivity contribution is -0.972. The number of hydrogen-bond acceptors (Lipinski definition) is 0. The van der Waals surface area contributed by atoms with Crippen LogP contribution in [-0.4, -0.2) is 37.4 Å². The Morgan fingerprint density at radius 1 is 0.654 bits per heavy atom. The maximum Gasteiger partial charge on any atom is 0.119 e. The van der Waals surface area contributed by atoms with Gasteiger partial charge in [-0.05, 0) is 25.7 Å². The summed E-state index contributed by atoms with van der Waals surface area (Å²) in [6, 6.07) is 0. The topological polar surface area (TPSA) is 0 Å². The predicted molar refractivity (Wildman–Crippen MR) is 120 cm³/mol. The van der Waals surface area contributed by atoms with Gasteiger partial charge in [0.25, 0.3) is 0 Å². The minimum Gasteiger partial charge on any atom is -1.00 e. The number of halogens is 1. The molecule has 0 fully saturated rings. The van der Waals surface area contributed by atoms with Crippen LogP contribution >= 0.6 is 0 Å². The molecule has 0 saturated heterocycles. The fourth-order valence-corrected chi connectivity index (χ4v) is 11.2. The molecule has 0 N–H and O–H groups in total. The molecule has 26 heavy (non-hydrogen) atoms. The first-order valence-corrected chi connectivity index (χ1v) is 14.9. The summed E-state index contributed by atoms with van der Waals surface area (Å²) >= 11 is 0. The van der Waals surface area contributed by atoms with E-state index < -0.39 is 8.07 Å². The van der Waals surface area contributed by atoms with Crippen LogP contribution in [0.4, 0.5) is 0 Å². The molecule has 0 aromatic rings. The standard InChI is InChI=1S/C23H52NSi.FH/c1-11-15-19-24(20-16-12-2,21-17-13-3)23(18-14-4,22(5,6)7)25(8,9)10;/h11-21H2,1-10H3;1H/q+1;/p-1. The lowest BCUT2D eigenvalue weighted by atomic mass is 9.79. The summed E-state index contributed by atoms with van der Waals surface area (Å²) in [5.74, 6) is 0. The van der Waals surface area contributed by atoms with Gasteiger partial charge in [0.15, 0.2) is 0 Å². The van der Waals surface area contributed by atoms with E-state index in [1.54, 1.807) is 0 Å². The molecule has 0 rings (SSSR count). The first kappa shape index (κ1) is 28.3. The van der Waals surface area contributed by atoms with Gasteiger partial charge < -0.3 is 9.19 Å². The highest BCUT2D eigenvalue weighted by Gasteiger charge is 2.63. The Bertz CT molecular complexity index is 318. The lowest BCUT2D eigenvalue weighted by Gasteiger charge is -2.65. The summed E-state index contributed by atoms with van der Waals surface area (Å²) in [7, 11) is -1.41. The van der Waals surface area contributed by atoms with Crippen molar-refractivity contribution in [2.75, 3.05) is 19.6 Å². The molecule has 160 valence electrons. The fourth-order valence-electron chi connectivity index (χ4n) is 6.19. The number of quaternary nitrogens is 1. The SMILES string of the molecule is CCCC[N+](CCCC)(CCCC)C(CCC)(C(C)(C)C)[Si](C)(C)C.[F-]. The van der Waals surface area contributed by atoms with Crippen molar-refractivity contribution in [1.29, 1.82) is 0 Å². The summed E-state index contributed by atoms with van der Waals surface area (Å²) in [5.41, 5.74) is 0.364. The maximum absolute atomic E-state index is 2.67. The first-order valence-electron chi connectivity index (χ1n) is 11.4. The predicted octanol–water partition coefficient (Wildman–Crippen LogP) is 4.67. The van der Waals surface area contributed by atoms with E-state index in [2.05, 4.69) is 68.1 Å². The van der Waals surface area contributed by atoms with Crippen LogP contribution in [0.5, 0.6) is 0 Å². The molecule has 0 spiro atoms. The van der Waals surface area contributed by atoms with Crippen molar-refractivity contribution in [2.45, 2.75) is 125 Å². The maximum atomic E-state index is 2.67. The van der Waals surface area contributed by atoms with E-state index in [1.165, 1.54) is 75.5 Å². The second kappa shape index (κ2) is 11.8. The summed E-state index contributed by atoms with van der Waals surface area (Å²) < 4.78 is 1.41. The number of unbranched alkanes of at least 4 members (excludes halogenated alkanes) is 3. The van der Waals surface area contributed by atoms with Crippen LogP contribution in [-0.2, 0) is 0 Å². The molecule has 0 aromatic carbocycles. The molecule has 0 aliphatic heterocycles. The monoisotopic (exact) mass is 389 g/mol. The summed E-state index contributed by atoms with van der Waals surface area (Å²) in [4.78, 5) is 0. The van der Waals surface area contributed by atoms with Crippen molar-refractivity contribution in [3.63, 3.8) is 0 Å². The molecule has 1 unspecified atom stereocenters. The average molecular weight is 390 g/mol. The normalized spacial score (nSPS) is 15.5. The summed E-state index contributed by atoms with van der Waals surface area (Å²) in [5, 5.41) is 0.467. The Hall–Kier alpha value is 0.107. The zero-order valence-corrected chi connectivity index (χ0v) is 21.1. The molecule has 1 nitrogen and oxygen atoms in total. The number of nitrogens with zero attached hydrogens (tertiary/aromatic N) is 1. The third-order valence-corrected chi connectivity index (χ3v) is 10.7. The van der Waals surface area contributed by atoms with Crippen LogP contribution in [0.15, 0.2) is 0 Å². The van der Waals surface area contributed by atoms with Crippen molar-refractivity contribution < 1.29 is 9.19 Å². The van der Waals surface area contributed by atoms with Gasteiger partial charge >= 0.3 is 0 Å². The van der Waals surface area contributed by atoms with Crippen LogP contribution < -0.4 is 4.70 Å². The Morgan fingerprint density at radius 2 is 1.00 bits per heavy atom. The molecule has 0 amide bonds. The largest absolute Gasteiger partial charge is 1.00 e. The van der Waals surface area contributed by atoms with Crippen LogP contribution in [0.1, 0.15) is 99.8 Å². The van der Waals surface area contributed by atoms with E-state index in [0.29, 0.717) is 10.6 Å². The van der Waals surface area contributed by atoms with Gasteiger partial charge in [-0.1, -0.05) is 93.8 Å². The van der Waals surface area contributed by atoms with Crippen LogP contribution in [0.25, 0.3) is 0 Å². The minimum atomic E-state index is -1.41. The third-order valence-electron chi connectivity index (χ3n) is 6.72. The van der Waals surface area contributed by atoms with Crippen molar-refractivity contribution in [3.05, 3.63) is 0 Å². The van der Waals surface area contributed by atoms with Gasteiger partial charge in [-0.15, -0.1) is 0 Å². The van der Waals surface area contributed by atoms with Gasteiger partial charge in [0, 0.05) is 5.41 Å². The Kier molecular flexibility index (Phi) is 12.9. The van der Waals surface area contributed by atoms with Gasteiger partial charge in [0.2, 0.25) is 0 Å². The molecule has 0 aliphatic rings. The number of hydrogen-bond donors (Lipinski definition) is 0. The highest BCUT2D eigenvalue weighted by molar-refractivity contribution is 6.79. The van der Waals surface area contributed by atoms with Crippen molar-refractivity contribution in [2.24, 2.45) is 5.41 Å². The zero-order chi connectivity index (χ0) is 19.8. The highest BCUT2D eigenvalue weighted by Crippen LogP contribution is 2.51. The van der Waals surface area contributed by atoms with Gasteiger partial charge in [-0.2, -0.15) is 0 Å². The molecule has 0 heterocycles. The van der Waals surface area contributed by atoms with Gasteiger partial charge in [0.1, 0.15) is 8.07 Å². The van der Waals surface area contributed by atoms with Gasteiger partial charge in [-0.25, -0.2) is 0 Å². The van der Waals surface area contributed by atoms with E-state index in [9.17, 15) is 0 Å². The summed E-state index contributed by atoms with van der Waals surface area (Å²) in [6.07, 6.45) is 10.9. The summed E-state index contributed by atoms with van der Waals surface area (Å²) in [6.45, 7) is 29.5. The molecule has 1 atom stereocenters. The van der Waals surface area contributed by atoms with E-state index >= 15 is 0 Å². The minimum absolute atomic E-state index is 0. The molecule has 0 radical (unpaired) electrons. The molecule has 0 aliphatic carbocycles. The van der Waals surface area contributed by atoms with Crippen LogP contribution in [0.2, 0.25) is 19.6 Å². The van der Waals surface area contributed by atoms with Gasteiger partial charge in [-0.3, -0.25) is 0 Å². The second-order valence-corrected chi connectivity index (χ2v) is 15.8. The van der Waals surface area contributed by atoms with Crippen molar-refractivity contribution in [1.82, 2.24) is 0 Å². The molecule has 3 heteroatoms. The van der Waals surface area contributed by atoms with Crippen molar-refractivity contribution in [3.8, 4) is 0 Å². The molecule has 0 saturated carbocycles. The Labute approximate surface area is 167 Å². The van der Waals surface area contributed by atoms with E-state index in [4.69, 9.17) is 0 Å². The van der Waals surface area contributed by atoms with E-state index in [1.807, 2.05) is 0 Å². The molecule has 0 bridgehead atoms. The van der Waals surface area contributed by atoms with Crippen LogP contribution in [0.3, 0.4) is 0 Å². The average Bonchev–Trinajstić information content (AvgIpc) is 2.50.